The number of imidazole rings is 1. The molecule has 0 aliphatic heterocycles. The highest BCUT2D eigenvalue weighted by atomic mass is 35.5. The quantitative estimate of drug-likeness (QED) is 0.408. The van der Waals surface area contributed by atoms with E-state index < -0.39 is 0 Å². The Morgan fingerprint density at radius 3 is 2.78 bits per heavy atom. The molecule has 136 valence electrons. The van der Waals surface area contributed by atoms with Gasteiger partial charge in [-0.2, -0.15) is 0 Å². The van der Waals surface area contributed by atoms with Gasteiger partial charge in [-0.15, -0.1) is 0 Å². The molecule has 0 radical (unpaired) electrons. The maximum atomic E-state index is 6.16. The van der Waals surface area contributed by atoms with Gasteiger partial charge >= 0.3 is 0 Å². The summed E-state index contributed by atoms with van der Waals surface area (Å²) in [6.45, 7) is 0.698. The summed E-state index contributed by atoms with van der Waals surface area (Å²) in [6, 6.07) is 18.0. The molecule has 0 aliphatic carbocycles. The van der Waals surface area contributed by atoms with Crippen LogP contribution in [0.5, 0.6) is 5.75 Å². The van der Waals surface area contributed by atoms with E-state index in [1.54, 1.807) is 25.1 Å². The first-order valence-electron chi connectivity index (χ1n) is 8.53. The van der Waals surface area contributed by atoms with Crippen LogP contribution in [0.2, 0.25) is 5.02 Å². The van der Waals surface area contributed by atoms with Crippen LogP contribution in [0.25, 0.3) is 11.0 Å². The average Bonchev–Trinajstić information content (AvgIpc) is 3.04. The highest BCUT2D eigenvalue weighted by Crippen LogP contribution is 2.28. The molecule has 4 aromatic rings. The Labute approximate surface area is 167 Å². The minimum Gasteiger partial charge on any atom is -0.497 e. The van der Waals surface area contributed by atoms with E-state index in [4.69, 9.17) is 21.3 Å². The third-order valence-corrected chi connectivity index (χ3v) is 5.53. The summed E-state index contributed by atoms with van der Waals surface area (Å²) in [7, 11) is 1.68. The van der Waals surface area contributed by atoms with Crippen LogP contribution in [-0.4, -0.2) is 21.6 Å². The van der Waals surface area contributed by atoms with E-state index in [9.17, 15) is 0 Å². The predicted molar refractivity (Wildman–Crippen MR) is 111 cm³/mol. The van der Waals surface area contributed by atoms with E-state index in [1.165, 1.54) is 5.56 Å². The van der Waals surface area contributed by atoms with Crippen molar-refractivity contribution < 1.29 is 4.74 Å². The molecule has 2 heterocycles. The standard InChI is InChI=1S/C21H18ClN3OS/c1-26-18-7-3-5-16(11-18)14-27-21-24-19-8-9-23-12-20(19)25(21)13-15-4-2-6-17(22)10-15/h2-12H,13-14H2,1H3. The molecule has 27 heavy (non-hydrogen) atoms. The maximum absolute atomic E-state index is 6.16. The minimum absolute atomic E-state index is 0.698. The molecule has 2 aromatic heterocycles. The van der Waals surface area contributed by atoms with Crippen molar-refractivity contribution in [1.29, 1.82) is 0 Å². The molecule has 0 fully saturated rings. The van der Waals surface area contributed by atoms with E-state index in [0.29, 0.717) is 6.54 Å². The summed E-state index contributed by atoms with van der Waals surface area (Å²) in [6.07, 6.45) is 3.64. The molecule has 0 spiro atoms. The van der Waals surface area contributed by atoms with E-state index in [1.807, 2.05) is 42.6 Å². The lowest BCUT2D eigenvalue weighted by Gasteiger charge is -2.10. The fraction of sp³-hybridized carbons (Fsp3) is 0.143. The van der Waals surface area contributed by atoms with Crippen LogP contribution < -0.4 is 4.74 Å². The van der Waals surface area contributed by atoms with Gasteiger partial charge in [0.1, 0.15) is 5.75 Å². The zero-order valence-corrected chi connectivity index (χ0v) is 16.4. The van der Waals surface area contributed by atoms with Crippen molar-refractivity contribution in [3.8, 4) is 5.75 Å². The third-order valence-electron chi connectivity index (χ3n) is 4.25. The van der Waals surface area contributed by atoms with Crippen LogP contribution in [0.3, 0.4) is 0 Å². The van der Waals surface area contributed by atoms with Crippen LogP contribution in [0, 0.1) is 0 Å². The first kappa shape index (κ1) is 17.9. The first-order chi connectivity index (χ1) is 13.2. The van der Waals surface area contributed by atoms with E-state index >= 15 is 0 Å². The largest absolute Gasteiger partial charge is 0.497 e. The van der Waals surface area contributed by atoms with Crippen molar-refractivity contribution in [2.24, 2.45) is 0 Å². The molecule has 4 rings (SSSR count). The van der Waals surface area contributed by atoms with Gasteiger partial charge in [0.2, 0.25) is 0 Å². The summed E-state index contributed by atoms with van der Waals surface area (Å²) in [4.78, 5) is 9.08. The zero-order valence-electron chi connectivity index (χ0n) is 14.8. The lowest BCUT2D eigenvalue weighted by molar-refractivity contribution is 0.414. The number of nitrogens with zero attached hydrogens (tertiary/aromatic N) is 3. The van der Waals surface area contributed by atoms with Gasteiger partial charge in [-0.05, 0) is 41.5 Å². The number of hydrogen-bond donors (Lipinski definition) is 0. The molecule has 6 heteroatoms. The fourth-order valence-corrected chi connectivity index (χ4v) is 4.11. The molecule has 0 bridgehead atoms. The van der Waals surface area contributed by atoms with Gasteiger partial charge in [0.25, 0.3) is 0 Å². The summed E-state index contributed by atoms with van der Waals surface area (Å²) in [5.74, 6) is 1.67. The Kier molecular flexibility index (Phi) is 5.32. The number of pyridine rings is 1. The van der Waals surface area contributed by atoms with Gasteiger partial charge in [-0.25, -0.2) is 4.98 Å². The molecule has 0 unspecified atom stereocenters. The number of aromatic nitrogens is 3. The predicted octanol–water partition coefficient (Wildman–Crippen LogP) is 5.43. The summed E-state index contributed by atoms with van der Waals surface area (Å²) < 4.78 is 7.51. The minimum atomic E-state index is 0.698. The molecular formula is C21H18ClN3OS. The van der Waals surface area contributed by atoms with Crippen molar-refractivity contribution >= 4 is 34.4 Å². The lowest BCUT2D eigenvalue weighted by Crippen LogP contribution is -2.02. The van der Waals surface area contributed by atoms with Gasteiger partial charge in [0, 0.05) is 17.0 Å². The van der Waals surface area contributed by atoms with Crippen LogP contribution >= 0.6 is 23.4 Å². The van der Waals surface area contributed by atoms with Gasteiger partial charge in [-0.3, -0.25) is 4.98 Å². The molecule has 0 aliphatic rings. The Morgan fingerprint density at radius 2 is 1.93 bits per heavy atom. The van der Waals surface area contributed by atoms with Crippen molar-refractivity contribution in [1.82, 2.24) is 14.5 Å². The monoisotopic (exact) mass is 395 g/mol. The topological polar surface area (TPSA) is 39.9 Å². The van der Waals surface area contributed by atoms with Crippen molar-refractivity contribution in [3.05, 3.63) is 83.1 Å². The first-order valence-corrected chi connectivity index (χ1v) is 9.90. The number of thioether (sulfide) groups is 1. The Morgan fingerprint density at radius 1 is 1.07 bits per heavy atom. The van der Waals surface area contributed by atoms with E-state index in [0.717, 1.165) is 38.3 Å². The SMILES string of the molecule is COc1cccc(CSc2nc3ccncc3n2Cc2cccc(Cl)c2)c1. The molecule has 0 amide bonds. The summed E-state index contributed by atoms with van der Waals surface area (Å²) in [5.41, 5.74) is 4.29. The van der Waals surface area contributed by atoms with Gasteiger partial charge < -0.3 is 9.30 Å². The Balaban J connectivity index is 1.65. The second-order valence-electron chi connectivity index (χ2n) is 6.12. The number of ether oxygens (including phenoxy) is 1. The van der Waals surface area contributed by atoms with Crippen LogP contribution in [0.1, 0.15) is 11.1 Å². The number of hydrogen-bond acceptors (Lipinski definition) is 4. The van der Waals surface area contributed by atoms with Crippen LogP contribution in [-0.2, 0) is 12.3 Å². The van der Waals surface area contributed by atoms with Crippen LogP contribution in [0.15, 0.2) is 72.1 Å². The number of methoxy groups -OCH3 is 1. The summed E-state index contributed by atoms with van der Waals surface area (Å²) >= 11 is 7.86. The second kappa shape index (κ2) is 8.03. The van der Waals surface area contributed by atoms with Crippen molar-refractivity contribution in [3.63, 3.8) is 0 Å². The maximum Gasteiger partial charge on any atom is 0.169 e. The second-order valence-corrected chi connectivity index (χ2v) is 7.49. The highest BCUT2D eigenvalue weighted by molar-refractivity contribution is 7.98. The van der Waals surface area contributed by atoms with Gasteiger partial charge in [0.15, 0.2) is 5.16 Å². The van der Waals surface area contributed by atoms with Crippen molar-refractivity contribution in [2.45, 2.75) is 17.5 Å². The molecule has 4 nitrogen and oxygen atoms in total. The zero-order chi connectivity index (χ0) is 18.6. The molecule has 0 saturated carbocycles. The van der Waals surface area contributed by atoms with Crippen LogP contribution in [0.4, 0.5) is 0 Å². The Bertz CT molecular complexity index is 1080. The number of fused-ring (bicyclic) bond motifs is 1. The van der Waals surface area contributed by atoms with Crippen molar-refractivity contribution in [2.75, 3.05) is 7.11 Å². The van der Waals surface area contributed by atoms with E-state index in [2.05, 4.69) is 27.8 Å². The average molecular weight is 396 g/mol. The molecule has 0 atom stereocenters. The smallest absolute Gasteiger partial charge is 0.169 e. The van der Waals surface area contributed by atoms with E-state index in [-0.39, 0.29) is 0 Å². The molecular weight excluding hydrogens is 378 g/mol. The normalized spacial score (nSPS) is 11.0. The fourth-order valence-electron chi connectivity index (χ4n) is 2.94. The van der Waals surface area contributed by atoms with Gasteiger partial charge in [0.05, 0.1) is 30.9 Å². The lowest BCUT2D eigenvalue weighted by atomic mass is 10.2. The Hall–Kier alpha value is -2.50. The number of rotatable bonds is 6. The van der Waals surface area contributed by atoms with Gasteiger partial charge in [-0.1, -0.05) is 47.6 Å². The molecule has 2 aromatic carbocycles. The molecule has 0 saturated heterocycles. The summed E-state index contributed by atoms with van der Waals surface area (Å²) in [5, 5.41) is 1.70. The number of benzene rings is 2. The number of halogens is 1. The highest BCUT2D eigenvalue weighted by Gasteiger charge is 2.12. The third kappa shape index (κ3) is 4.10. The molecule has 0 N–H and O–H groups in total.